The van der Waals surface area contributed by atoms with Crippen LogP contribution >= 0.6 is 11.6 Å². The number of ether oxygens (including phenoxy) is 1. The lowest BCUT2D eigenvalue weighted by atomic mass is 9.94. The maximum absolute atomic E-state index is 10.0. The molecule has 4 rings (SSSR count). The Hall–Kier alpha value is -1.95. The number of H-pyrrole nitrogens is 1. The summed E-state index contributed by atoms with van der Waals surface area (Å²) >= 11 is 6.02. The molecule has 1 aliphatic heterocycles. The number of nitrogens with zero attached hydrogens (tertiary/aromatic N) is 2. The van der Waals surface area contributed by atoms with Crippen molar-refractivity contribution >= 4 is 22.5 Å². The summed E-state index contributed by atoms with van der Waals surface area (Å²) in [4.78, 5) is 4.24. The maximum Gasteiger partial charge on any atom is 0.132 e. The fourth-order valence-corrected chi connectivity index (χ4v) is 2.91. The molecule has 0 spiro atoms. The molecule has 1 aliphatic rings. The number of nitrogens with one attached hydrogen (secondary N) is 1. The summed E-state index contributed by atoms with van der Waals surface area (Å²) in [5.41, 5.74) is 4.54. The number of aromatic amines is 1. The molecule has 0 radical (unpaired) electrons. The van der Waals surface area contributed by atoms with Gasteiger partial charge in [0.15, 0.2) is 0 Å². The monoisotopic (exact) mass is 301 g/mol. The van der Waals surface area contributed by atoms with Crippen molar-refractivity contribution in [1.29, 1.82) is 0 Å². The van der Waals surface area contributed by atoms with E-state index in [1.54, 1.807) is 12.4 Å². The van der Waals surface area contributed by atoms with Crippen LogP contribution in [0.4, 0.5) is 0 Å². The lowest BCUT2D eigenvalue weighted by Gasteiger charge is -2.23. The van der Waals surface area contributed by atoms with E-state index in [0.29, 0.717) is 18.4 Å². The van der Waals surface area contributed by atoms with Crippen molar-refractivity contribution in [2.24, 2.45) is 0 Å². The Morgan fingerprint density at radius 3 is 3.14 bits per heavy atom. The van der Waals surface area contributed by atoms with Crippen LogP contribution in [-0.4, -0.2) is 26.9 Å². The van der Waals surface area contributed by atoms with Crippen LogP contribution in [-0.2, 0) is 11.3 Å². The number of hydrogen-bond acceptors (Lipinski definition) is 4. The maximum atomic E-state index is 10.0. The lowest BCUT2D eigenvalue weighted by molar-refractivity contribution is 0.00981. The van der Waals surface area contributed by atoms with Crippen molar-refractivity contribution in [1.82, 2.24) is 15.2 Å². The number of halogens is 1. The molecule has 0 bridgehead atoms. The van der Waals surface area contributed by atoms with Crippen molar-refractivity contribution < 1.29 is 9.84 Å². The third-order valence-electron chi connectivity index (χ3n) is 3.79. The minimum Gasteiger partial charge on any atom is -0.386 e. The summed E-state index contributed by atoms with van der Waals surface area (Å²) in [6.45, 7) is 0.787. The van der Waals surface area contributed by atoms with Crippen molar-refractivity contribution in [2.75, 3.05) is 6.61 Å². The topological polar surface area (TPSA) is 71.0 Å². The zero-order valence-electron chi connectivity index (χ0n) is 11.0. The zero-order chi connectivity index (χ0) is 14.4. The molecule has 21 heavy (non-hydrogen) atoms. The summed E-state index contributed by atoms with van der Waals surface area (Å²) in [5.74, 6) is 0. The Balaban J connectivity index is 1.90. The number of rotatable bonds is 1. The van der Waals surface area contributed by atoms with Gasteiger partial charge in [-0.25, -0.2) is 0 Å². The number of aliphatic hydroxyl groups is 1. The minimum atomic E-state index is -0.621. The second kappa shape index (κ2) is 4.80. The standard InChI is InChI=1S/C15H12ClN3O2/c16-15-9-2-1-8(3-13(9)18-19-15)10-4-17-5-11-12(10)6-21-7-14(11)20/h1-5,14,20H,6-7H2,(H,18,19). The van der Waals surface area contributed by atoms with Gasteiger partial charge in [0.25, 0.3) is 0 Å². The quantitative estimate of drug-likeness (QED) is 0.725. The first-order valence-corrected chi connectivity index (χ1v) is 6.98. The van der Waals surface area contributed by atoms with Crippen LogP contribution in [0.3, 0.4) is 0 Å². The van der Waals surface area contributed by atoms with Crippen LogP contribution in [0.2, 0.25) is 5.15 Å². The summed E-state index contributed by atoms with van der Waals surface area (Å²) in [7, 11) is 0. The highest BCUT2D eigenvalue weighted by Crippen LogP contribution is 2.34. The van der Waals surface area contributed by atoms with Crippen molar-refractivity contribution in [3.05, 3.63) is 46.9 Å². The van der Waals surface area contributed by atoms with Gasteiger partial charge in [-0.3, -0.25) is 10.1 Å². The third kappa shape index (κ3) is 2.01. The summed E-state index contributed by atoms with van der Waals surface area (Å²) in [6.07, 6.45) is 2.87. The molecular weight excluding hydrogens is 290 g/mol. The van der Waals surface area contributed by atoms with Crippen molar-refractivity contribution in [3.8, 4) is 11.1 Å². The van der Waals surface area contributed by atoms with Crippen LogP contribution in [0, 0.1) is 0 Å². The highest BCUT2D eigenvalue weighted by molar-refractivity contribution is 6.34. The molecule has 0 aliphatic carbocycles. The Morgan fingerprint density at radius 1 is 1.33 bits per heavy atom. The molecule has 2 aromatic heterocycles. The highest BCUT2D eigenvalue weighted by atomic mass is 35.5. The van der Waals surface area contributed by atoms with Gasteiger partial charge in [-0.1, -0.05) is 17.7 Å². The van der Waals surface area contributed by atoms with E-state index in [0.717, 1.165) is 33.2 Å². The molecule has 0 saturated heterocycles. The van der Waals surface area contributed by atoms with Gasteiger partial charge in [-0.2, -0.15) is 5.10 Å². The highest BCUT2D eigenvalue weighted by Gasteiger charge is 2.22. The molecule has 2 N–H and O–H groups in total. The van der Waals surface area contributed by atoms with E-state index in [1.165, 1.54) is 0 Å². The van der Waals surface area contributed by atoms with E-state index in [4.69, 9.17) is 16.3 Å². The van der Waals surface area contributed by atoms with Gasteiger partial charge in [0.2, 0.25) is 0 Å². The number of aliphatic hydroxyl groups excluding tert-OH is 1. The Morgan fingerprint density at radius 2 is 2.24 bits per heavy atom. The molecule has 0 fully saturated rings. The van der Waals surface area contributed by atoms with E-state index in [1.807, 2.05) is 18.2 Å². The largest absolute Gasteiger partial charge is 0.386 e. The van der Waals surface area contributed by atoms with Crippen LogP contribution in [0.15, 0.2) is 30.6 Å². The Bertz CT molecular complexity index is 831. The van der Waals surface area contributed by atoms with Gasteiger partial charge in [-0.05, 0) is 23.3 Å². The number of aromatic nitrogens is 3. The molecule has 1 unspecified atom stereocenters. The van der Waals surface area contributed by atoms with Gasteiger partial charge in [0.05, 0.1) is 18.7 Å². The van der Waals surface area contributed by atoms with Crippen LogP contribution in [0.5, 0.6) is 0 Å². The van der Waals surface area contributed by atoms with E-state index >= 15 is 0 Å². The average Bonchev–Trinajstić information content (AvgIpc) is 2.88. The molecule has 6 heteroatoms. The molecule has 0 saturated carbocycles. The number of pyridine rings is 1. The van der Waals surface area contributed by atoms with E-state index in [2.05, 4.69) is 15.2 Å². The molecule has 106 valence electrons. The zero-order valence-corrected chi connectivity index (χ0v) is 11.8. The fraction of sp³-hybridized carbons (Fsp3) is 0.200. The van der Waals surface area contributed by atoms with Gasteiger partial charge in [-0.15, -0.1) is 0 Å². The minimum absolute atomic E-state index is 0.312. The molecule has 5 nitrogen and oxygen atoms in total. The first-order valence-electron chi connectivity index (χ1n) is 6.60. The second-order valence-electron chi connectivity index (χ2n) is 5.06. The smallest absolute Gasteiger partial charge is 0.132 e. The second-order valence-corrected chi connectivity index (χ2v) is 5.43. The number of hydrogen-bond donors (Lipinski definition) is 2. The van der Waals surface area contributed by atoms with Gasteiger partial charge in [0, 0.05) is 28.9 Å². The summed E-state index contributed by atoms with van der Waals surface area (Å²) in [6, 6.07) is 5.86. The molecule has 3 heterocycles. The summed E-state index contributed by atoms with van der Waals surface area (Å²) in [5, 5.41) is 18.4. The van der Waals surface area contributed by atoms with Crippen LogP contribution in [0.25, 0.3) is 22.0 Å². The summed E-state index contributed by atoms with van der Waals surface area (Å²) < 4.78 is 5.44. The van der Waals surface area contributed by atoms with E-state index < -0.39 is 6.10 Å². The van der Waals surface area contributed by atoms with Gasteiger partial charge >= 0.3 is 0 Å². The molecule has 1 atom stereocenters. The third-order valence-corrected chi connectivity index (χ3v) is 4.08. The normalized spacial score (nSPS) is 17.9. The average molecular weight is 302 g/mol. The predicted molar refractivity (Wildman–Crippen MR) is 79.0 cm³/mol. The molecule has 0 amide bonds. The predicted octanol–water partition coefficient (Wildman–Crippen LogP) is 2.84. The molecule has 3 aromatic rings. The van der Waals surface area contributed by atoms with Crippen molar-refractivity contribution in [3.63, 3.8) is 0 Å². The lowest BCUT2D eigenvalue weighted by Crippen LogP contribution is -2.17. The fourth-order valence-electron chi connectivity index (χ4n) is 2.71. The van der Waals surface area contributed by atoms with Crippen LogP contribution in [0.1, 0.15) is 17.2 Å². The first kappa shape index (κ1) is 12.8. The van der Waals surface area contributed by atoms with Gasteiger partial charge in [0.1, 0.15) is 11.3 Å². The SMILES string of the molecule is OC1COCc2c(-c3ccc4c(Cl)[nH]nc4c3)cncc21. The van der Waals surface area contributed by atoms with Crippen LogP contribution < -0.4 is 0 Å². The first-order chi connectivity index (χ1) is 10.2. The molecular formula is C15H12ClN3O2. The van der Waals surface area contributed by atoms with Gasteiger partial charge < -0.3 is 9.84 Å². The van der Waals surface area contributed by atoms with E-state index in [9.17, 15) is 5.11 Å². The number of fused-ring (bicyclic) bond motifs is 2. The van der Waals surface area contributed by atoms with Crippen molar-refractivity contribution in [2.45, 2.75) is 12.7 Å². The van der Waals surface area contributed by atoms with E-state index in [-0.39, 0.29) is 0 Å². The Kier molecular flexibility index (Phi) is 2.92. The number of benzene rings is 1. The molecule has 1 aromatic carbocycles. The Labute approximate surface area is 125 Å².